The third-order valence-electron chi connectivity index (χ3n) is 3.88. The van der Waals surface area contributed by atoms with E-state index in [0.29, 0.717) is 22.9 Å². The zero-order valence-corrected chi connectivity index (χ0v) is 16.8. The molecule has 10 nitrogen and oxygen atoms in total. The molecule has 0 bridgehead atoms. The van der Waals surface area contributed by atoms with Crippen LogP contribution in [0.1, 0.15) is 28.8 Å². The molecule has 0 radical (unpaired) electrons. The summed E-state index contributed by atoms with van der Waals surface area (Å²) in [5.74, 6) is -0.888. The minimum Gasteiger partial charge on any atom is -0.454 e. The number of ether oxygens (including phenoxy) is 1. The molecule has 1 heterocycles. The number of nitrogens with two attached hydrogens (primary N) is 1. The van der Waals surface area contributed by atoms with Gasteiger partial charge in [-0.15, -0.1) is 0 Å². The normalized spacial score (nSPS) is 13.0. The van der Waals surface area contributed by atoms with Gasteiger partial charge in [0.1, 0.15) is 23.6 Å². The quantitative estimate of drug-likeness (QED) is 0.162. The minimum atomic E-state index is -4.32. The monoisotopic (exact) mass is 423 g/mol. The van der Waals surface area contributed by atoms with Gasteiger partial charge < -0.3 is 30.0 Å². The molecule has 11 heteroatoms. The summed E-state index contributed by atoms with van der Waals surface area (Å²) in [7, 11) is -2.76. The van der Waals surface area contributed by atoms with Gasteiger partial charge in [-0.1, -0.05) is 6.92 Å². The number of furan rings is 1. The second kappa shape index (κ2) is 9.51. The molecule has 0 fully saturated rings. The molecule has 5 N–H and O–H groups in total. The predicted molar refractivity (Wildman–Crippen MR) is 105 cm³/mol. The number of amidine groups is 1. The number of hydrogen-bond donors (Lipinski definition) is 4. The molecule has 0 saturated heterocycles. The van der Waals surface area contributed by atoms with Crippen LogP contribution in [-0.4, -0.2) is 40.8 Å². The summed E-state index contributed by atoms with van der Waals surface area (Å²) in [5.41, 5.74) is 6.39. The molecule has 0 spiro atoms. The van der Waals surface area contributed by atoms with Crippen LogP contribution in [0, 0.1) is 5.92 Å². The van der Waals surface area contributed by atoms with Crippen molar-refractivity contribution >= 4 is 25.3 Å². The number of nitrogens with one attached hydrogen (secondary N) is 1. The highest BCUT2D eigenvalue weighted by Crippen LogP contribution is 2.32. The van der Waals surface area contributed by atoms with Crippen LogP contribution in [0.5, 0.6) is 5.75 Å². The molecule has 1 amide bonds. The number of hydrogen-bond acceptors (Lipinski definition) is 6. The first-order chi connectivity index (χ1) is 13.6. The maximum atomic E-state index is 12.2. The Morgan fingerprint density at radius 1 is 1.24 bits per heavy atom. The number of nitrogens with zero attached hydrogens (tertiary/aromatic N) is 1. The average Bonchev–Trinajstić information content (AvgIpc) is 3.14. The molecule has 1 aromatic heterocycles. The van der Waals surface area contributed by atoms with E-state index in [-0.39, 0.29) is 12.2 Å². The number of benzene rings is 1. The van der Waals surface area contributed by atoms with Gasteiger partial charge in [0, 0.05) is 24.9 Å². The molecular formula is C18H22N3O7P. The Balaban J connectivity index is 1.94. The Kier molecular flexibility index (Phi) is 7.33. The average molecular weight is 423 g/mol. The van der Waals surface area contributed by atoms with E-state index in [1.165, 1.54) is 12.1 Å². The second-order valence-corrected chi connectivity index (χ2v) is 7.90. The van der Waals surface area contributed by atoms with E-state index in [4.69, 9.17) is 24.7 Å². The van der Waals surface area contributed by atoms with E-state index in [9.17, 15) is 14.2 Å². The van der Waals surface area contributed by atoms with Crippen LogP contribution in [0.15, 0.2) is 45.8 Å². The third kappa shape index (κ3) is 6.86. The summed E-state index contributed by atoms with van der Waals surface area (Å²) in [5, 5.41) is 2.17. The molecule has 1 unspecified atom stereocenters. The summed E-state index contributed by atoms with van der Waals surface area (Å²) in [6.07, 6.45) is -0.592. The Bertz CT molecular complexity index is 947. The zero-order valence-electron chi connectivity index (χ0n) is 15.9. The maximum Gasteiger partial charge on any atom is 0.379 e. The first-order valence-corrected chi connectivity index (χ1v) is 10.3. The van der Waals surface area contributed by atoms with E-state index < -0.39 is 31.7 Å². The maximum absolute atomic E-state index is 12.2. The fraction of sp³-hybridized carbons (Fsp3) is 0.278. The Morgan fingerprint density at radius 3 is 2.48 bits per heavy atom. The van der Waals surface area contributed by atoms with Crippen LogP contribution in [0.4, 0.5) is 0 Å². The van der Waals surface area contributed by atoms with Gasteiger partial charge in [-0.05, 0) is 36.4 Å². The molecular weight excluding hydrogens is 401 g/mol. The van der Waals surface area contributed by atoms with Crippen molar-refractivity contribution in [3.8, 4) is 5.75 Å². The molecule has 0 aliphatic carbocycles. The highest BCUT2D eigenvalue weighted by molar-refractivity contribution is 7.51. The molecule has 0 aliphatic rings. The molecule has 2 rings (SSSR count). The number of carbonyl (C=O) groups is 2. The van der Waals surface area contributed by atoms with Crippen molar-refractivity contribution in [1.29, 1.82) is 0 Å². The molecule has 1 atom stereocenters. The second-order valence-electron chi connectivity index (χ2n) is 6.26. The lowest BCUT2D eigenvalue weighted by Gasteiger charge is -2.11. The number of amides is 1. The van der Waals surface area contributed by atoms with Crippen LogP contribution in [0.3, 0.4) is 0 Å². The van der Waals surface area contributed by atoms with Gasteiger partial charge in [-0.25, -0.2) is 4.79 Å². The Labute approximate surface area is 166 Å². The zero-order chi connectivity index (χ0) is 21.6. The highest BCUT2D eigenvalue weighted by atomic mass is 31.2. The number of rotatable bonds is 8. The van der Waals surface area contributed by atoms with E-state index in [1.807, 2.05) is 0 Å². The summed E-state index contributed by atoms with van der Waals surface area (Å²) in [4.78, 5) is 45.5. The molecule has 156 valence electrons. The van der Waals surface area contributed by atoms with Gasteiger partial charge >= 0.3 is 13.6 Å². The van der Waals surface area contributed by atoms with Crippen molar-refractivity contribution in [2.75, 3.05) is 13.3 Å². The molecule has 2 aromatic rings. The standard InChI is InChI=1S/C18H22N3O7P/c1-11(17(22)21-10-29(24,25)26)9-14-7-8-15(27-14)18(23)28-13-5-3-12(4-6-13)16(19)20-2/h3-8,11H,9-10H2,1-2H3,(H2,19,20)(H,21,22)(H2,24,25,26). The minimum absolute atomic E-state index is 0.0402. The van der Waals surface area contributed by atoms with Gasteiger partial charge in [-0.2, -0.15) is 0 Å². The smallest absolute Gasteiger partial charge is 0.379 e. The molecule has 0 saturated carbocycles. The van der Waals surface area contributed by atoms with Crippen LogP contribution >= 0.6 is 7.60 Å². The van der Waals surface area contributed by atoms with Crippen LogP contribution < -0.4 is 15.8 Å². The van der Waals surface area contributed by atoms with Gasteiger partial charge in [0.25, 0.3) is 0 Å². The van der Waals surface area contributed by atoms with E-state index >= 15 is 0 Å². The SMILES string of the molecule is CN=C(N)c1ccc(OC(=O)c2ccc(CC(C)C(=O)NCP(=O)(O)O)o2)cc1. The van der Waals surface area contributed by atoms with Crippen LogP contribution in [0.2, 0.25) is 0 Å². The van der Waals surface area contributed by atoms with Gasteiger partial charge in [0.2, 0.25) is 11.7 Å². The summed E-state index contributed by atoms with van der Waals surface area (Å²) < 4.78 is 21.5. The Morgan fingerprint density at radius 2 is 1.90 bits per heavy atom. The number of carbonyl (C=O) groups excluding carboxylic acids is 2. The third-order valence-corrected chi connectivity index (χ3v) is 4.45. The van der Waals surface area contributed by atoms with Crippen molar-refractivity contribution in [2.24, 2.45) is 16.6 Å². The first kappa shape index (κ1) is 22.4. The first-order valence-electron chi connectivity index (χ1n) is 8.55. The van der Waals surface area contributed by atoms with Crippen LogP contribution in [0.25, 0.3) is 0 Å². The Hall–Kier alpha value is -2.94. The lowest BCUT2D eigenvalue weighted by molar-refractivity contribution is -0.124. The molecule has 1 aromatic carbocycles. The van der Waals surface area contributed by atoms with Gasteiger partial charge in [0.05, 0.1) is 0 Å². The van der Waals surface area contributed by atoms with Crippen molar-refractivity contribution in [1.82, 2.24) is 5.32 Å². The molecule has 29 heavy (non-hydrogen) atoms. The van der Waals surface area contributed by atoms with Crippen molar-refractivity contribution in [3.05, 3.63) is 53.5 Å². The van der Waals surface area contributed by atoms with E-state index in [2.05, 4.69) is 10.3 Å². The predicted octanol–water partition coefficient (Wildman–Crippen LogP) is 1.26. The highest BCUT2D eigenvalue weighted by Gasteiger charge is 2.21. The fourth-order valence-electron chi connectivity index (χ4n) is 2.33. The topological polar surface area (TPSA) is 164 Å². The number of esters is 1. The van der Waals surface area contributed by atoms with Crippen LogP contribution in [-0.2, 0) is 15.8 Å². The van der Waals surface area contributed by atoms with Gasteiger partial charge in [0.15, 0.2) is 0 Å². The molecule has 0 aliphatic heterocycles. The van der Waals surface area contributed by atoms with E-state index in [0.717, 1.165) is 0 Å². The summed E-state index contributed by atoms with van der Waals surface area (Å²) >= 11 is 0. The number of aliphatic imine (C=N–C) groups is 1. The fourth-order valence-corrected chi connectivity index (χ4v) is 2.69. The van der Waals surface area contributed by atoms with E-state index in [1.54, 1.807) is 38.2 Å². The lowest BCUT2D eigenvalue weighted by Crippen LogP contribution is -2.30. The summed E-state index contributed by atoms with van der Waals surface area (Å²) in [6.45, 7) is 1.57. The van der Waals surface area contributed by atoms with Crippen molar-refractivity contribution < 1.29 is 33.1 Å². The largest absolute Gasteiger partial charge is 0.454 e. The van der Waals surface area contributed by atoms with Gasteiger partial charge in [-0.3, -0.25) is 14.4 Å². The van der Waals surface area contributed by atoms with Crippen molar-refractivity contribution in [2.45, 2.75) is 13.3 Å². The summed E-state index contributed by atoms with van der Waals surface area (Å²) in [6, 6.07) is 9.43. The lowest BCUT2D eigenvalue weighted by atomic mass is 10.1. The van der Waals surface area contributed by atoms with Crippen molar-refractivity contribution in [3.63, 3.8) is 0 Å².